The molecule has 3 rings (SSSR count). The van der Waals surface area contributed by atoms with Crippen molar-refractivity contribution in [2.24, 2.45) is 11.5 Å². The maximum Gasteiger partial charge on any atom is 0.273 e. The molecule has 0 saturated heterocycles. The molecule has 2 amide bonds. The number of carbonyl (C=O) groups excluding carboxylic acids is 2. The van der Waals surface area contributed by atoms with Crippen LogP contribution < -0.4 is 27.1 Å². The fourth-order valence-electron chi connectivity index (χ4n) is 3.12. The molecule has 2 aromatic carbocycles. The number of carbonyl (C=O) groups is 2. The molecule has 0 fully saturated rings. The lowest BCUT2D eigenvalue weighted by Gasteiger charge is -2.18. The zero-order chi connectivity index (χ0) is 25.7. The standard InChI is InChI=1S/C23H21BrF2N4O5/c24-20-19(35-11-13-4-5-14(25)7-17(13)26)8-16(9-29-22(33)18(27)10-31)30(23(20)34)15-3-1-2-12(6-15)21(28)32/h1-8,18,31H,9-11,27H2,(H2,28,32)(H,29,33)/t18-/m0/s1. The summed E-state index contributed by atoms with van der Waals surface area (Å²) in [5.74, 6) is -2.91. The van der Waals surface area contributed by atoms with Gasteiger partial charge in [0.15, 0.2) is 0 Å². The highest BCUT2D eigenvalue weighted by molar-refractivity contribution is 9.10. The normalized spacial score (nSPS) is 11.7. The maximum atomic E-state index is 14.0. The van der Waals surface area contributed by atoms with Crippen molar-refractivity contribution in [3.63, 3.8) is 0 Å². The Kier molecular flexibility index (Phi) is 8.33. The molecule has 0 spiro atoms. The number of aliphatic hydroxyl groups is 1. The number of aromatic nitrogens is 1. The van der Waals surface area contributed by atoms with Crippen LogP contribution in [0.3, 0.4) is 0 Å². The van der Waals surface area contributed by atoms with Crippen LogP contribution in [0.4, 0.5) is 8.78 Å². The quantitative estimate of drug-likeness (QED) is 0.317. The van der Waals surface area contributed by atoms with Crippen LogP contribution in [-0.4, -0.2) is 34.1 Å². The fraction of sp³-hybridized carbons (Fsp3) is 0.174. The predicted molar refractivity (Wildman–Crippen MR) is 126 cm³/mol. The van der Waals surface area contributed by atoms with Gasteiger partial charge in [-0.3, -0.25) is 19.0 Å². The average Bonchev–Trinajstić information content (AvgIpc) is 2.84. The number of amides is 2. The summed E-state index contributed by atoms with van der Waals surface area (Å²) >= 11 is 3.18. The molecule has 0 bridgehead atoms. The van der Waals surface area contributed by atoms with Crippen LogP contribution in [0.2, 0.25) is 0 Å². The van der Waals surface area contributed by atoms with Crippen molar-refractivity contribution in [1.29, 1.82) is 0 Å². The van der Waals surface area contributed by atoms with E-state index in [4.69, 9.17) is 21.3 Å². The van der Waals surface area contributed by atoms with Crippen LogP contribution in [0.25, 0.3) is 5.69 Å². The molecule has 1 heterocycles. The van der Waals surface area contributed by atoms with Crippen molar-refractivity contribution in [2.75, 3.05) is 6.61 Å². The molecule has 0 radical (unpaired) electrons. The predicted octanol–water partition coefficient (Wildman–Crippen LogP) is 1.49. The van der Waals surface area contributed by atoms with E-state index in [1.165, 1.54) is 34.9 Å². The SMILES string of the molecule is NC(=O)c1cccc(-n2c(CNC(=O)[C@@H](N)CO)cc(OCc3ccc(F)cc3F)c(Br)c2=O)c1. The van der Waals surface area contributed by atoms with Gasteiger partial charge in [-0.2, -0.15) is 0 Å². The summed E-state index contributed by atoms with van der Waals surface area (Å²) in [4.78, 5) is 37.0. The van der Waals surface area contributed by atoms with E-state index in [1.807, 2.05) is 0 Å². The fourth-order valence-corrected chi connectivity index (χ4v) is 3.52. The minimum atomic E-state index is -1.18. The topological polar surface area (TPSA) is 150 Å². The molecule has 6 N–H and O–H groups in total. The number of hydrogen-bond acceptors (Lipinski definition) is 6. The summed E-state index contributed by atoms with van der Waals surface area (Å²) in [6.45, 7) is -1.11. The second kappa shape index (κ2) is 11.2. The Morgan fingerprint density at radius 3 is 2.57 bits per heavy atom. The summed E-state index contributed by atoms with van der Waals surface area (Å²) in [5.41, 5.74) is 11.0. The Morgan fingerprint density at radius 2 is 1.91 bits per heavy atom. The van der Waals surface area contributed by atoms with Crippen molar-refractivity contribution in [1.82, 2.24) is 9.88 Å². The molecule has 35 heavy (non-hydrogen) atoms. The summed E-state index contributed by atoms with van der Waals surface area (Å²) in [5, 5.41) is 11.6. The summed E-state index contributed by atoms with van der Waals surface area (Å²) in [6, 6.07) is 9.20. The number of primary amides is 1. The van der Waals surface area contributed by atoms with Crippen molar-refractivity contribution in [2.45, 2.75) is 19.2 Å². The van der Waals surface area contributed by atoms with Crippen LogP contribution >= 0.6 is 15.9 Å². The van der Waals surface area contributed by atoms with Crippen molar-refractivity contribution < 1.29 is 28.2 Å². The number of hydrogen-bond donors (Lipinski definition) is 4. The van der Waals surface area contributed by atoms with Gasteiger partial charge in [0, 0.05) is 34.6 Å². The number of aliphatic hydroxyl groups excluding tert-OH is 1. The zero-order valence-corrected chi connectivity index (χ0v) is 19.7. The van der Waals surface area contributed by atoms with Crippen molar-refractivity contribution in [3.05, 3.63) is 91.8 Å². The molecule has 184 valence electrons. The minimum Gasteiger partial charge on any atom is -0.487 e. The van der Waals surface area contributed by atoms with E-state index in [0.29, 0.717) is 6.07 Å². The Labute approximate surface area is 206 Å². The third kappa shape index (κ3) is 6.10. The van der Waals surface area contributed by atoms with Crippen LogP contribution in [0.5, 0.6) is 5.75 Å². The lowest BCUT2D eigenvalue weighted by Crippen LogP contribution is -2.43. The largest absolute Gasteiger partial charge is 0.487 e. The van der Waals surface area contributed by atoms with E-state index < -0.39 is 41.7 Å². The van der Waals surface area contributed by atoms with E-state index in [2.05, 4.69) is 21.2 Å². The molecule has 9 nitrogen and oxygen atoms in total. The van der Waals surface area contributed by atoms with Gasteiger partial charge >= 0.3 is 0 Å². The van der Waals surface area contributed by atoms with Crippen LogP contribution in [-0.2, 0) is 17.9 Å². The number of halogens is 3. The second-order valence-electron chi connectivity index (χ2n) is 7.40. The van der Waals surface area contributed by atoms with E-state index in [-0.39, 0.29) is 45.9 Å². The van der Waals surface area contributed by atoms with E-state index in [9.17, 15) is 23.2 Å². The molecule has 0 aliphatic heterocycles. The van der Waals surface area contributed by atoms with Crippen LogP contribution in [0.1, 0.15) is 21.6 Å². The van der Waals surface area contributed by atoms with E-state index in [1.54, 1.807) is 6.07 Å². The number of nitrogens with one attached hydrogen (secondary N) is 1. The van der Waals surface area contributed by atoms with Gasteiger partial charge in [0.2, 0.25) is 11.8 Å². The van der Waals surface area contributed by atoms with Gasteiger partial charge < -0.3 is 26.6 Å². The first kappa shape index (κ1) is 26.0. The summed E-state index contributed by atoms with van der Waals surface area (Å²) in [7, 11) is 0. The van der Waals surface area contributed by atoms with Gasteiger partial charge in [-0.1, -0.05) is 6.07 Å². The number of ether oxygens (including phenoxy) is 1. The number of nitrogens with zero attached hydrogens (tertiary/aromatic N) is 1. The molecular weight excluding hydrogens is 530 g/mol. The van der Waals surface area contributed by atoms with E-state index >= 15 is 0 Å². The third-order valence-electron chi connectivity index (χ3n) is 4.96. The monoisotopic (exact) mass is 550 g/mol. The Hall–Kier alpha value is -3.61. The van der Waals surface area contributed by atoms with Crippen molar-refractivity contribution >= 4 is 27.7 Å². The first-order chi connectivity index (χ1) is 16.6. The van der Waals surface area contributed by atoms with Gasteiger partial charge in [-0.25, -0.2) is 8.78 Å². The first-order valence-corrected chi connectivity index (χ1v) is 11.0. The Bertz CT molecular complexity index is 1330. The molecular formula is C23H21BrF2N4O5. The minimum absolute atomic E-state index is 0.0216. The molecule has 1 atom stereocenters. The van der Waals surface area contributed by atoms with Gasteiger partial charge in [0.25, 0.3) is 5.56 Å². The highest BCUT2D eigenvalue weighted by atomic mass is 79.9. The molecule has 0 saturated carbocycles. The highest BCUT2D eigenvalue weighted by Crippen LogP contribution is 2.26. The van der Waals surface area contributed by atoms with Gasteiger partial charge in [0.1, 0.15) is 34.5 Å². The third-order valence-corrected chi connectivity index (χ3v) is 5.69. The Morgan fingerprint density at radius 1 is 1.17 bits per heavy atom. The first-order valence-electron chi connectivity index (χ1n) is 10.2. The van der Waals surface area contributed by atoms with Crippen LogP contribution in [0.15, 0.2) is 57.8 Å². The van der Waals surface area contributed by atoms with Crippen molar-refractivity contribution in [3.8, 4) is 11.4 Å². The molecule has 0 unspecified atom stereocenters. The molecule has 0 aliphatic carbocycles. The van der Waals surface area contributed by atoms with Gasteiger partial charge in [-0.05, 0) is 46.3 Å². The van der Waals surface area contributed by atoms with E-state index in [0.717, 1.165) is 6.07 Å². The zero-order valence-electron chi connectivity index (χ0n) is 18.1. The lowest BCUT2D eigenvalue weighted by molar-refractivity contribution is -0.123. The molecule has 1 aromatic heterocycles. The average molecular weight is 551 g/mol. The van der Waals surface area contributed by atoms with Gasteiger partial charge in [0.05, 0.1) is 13.2 Å². The number of pyridine rings is 1. The number of rotatable bonds is 9. The molecule has 0 aliphatic rings. The second-order valence-corrected chi connectivity index (χ2v) is 8.19. The lowest BCUT2D eigenvalue weighted by atomic mass is 10.1. The van der Waals surface area contributed by atoms with Gasteiger partial charge in [-0.15, -0.1) is 0 Å². The van der Waals surface area contributed by atoms with Crippen LogP contribution in [0, 0.1) is 11.6 Å². The highest BCUT2D eigenvalue weighted by Gasteiger charge is 2.19. The summed E-state index contributed by atoms with van der Waals surface area (Å²) < 4.78 is 34.0. The number of nitrogens with two attached hydrogens (primary N) is 2. The number of benzene rings is 2. The Balaban J connectivity index is 2.04. The smallest absolute Gasteiger partial charge is 0.273 e. The summed E-state index contributed by atoms with van der Waals surface area (Å²) in [6.07, 6.45) is 0. The molecule has 3 aromatic rings. The molecule has 12 heteroatoms. The maximum absolute atomic E-state index is 14.0.